The minimum atomic E-state index is -0.370. The van der Waals surface area contributed by atoms with Crippen LogP contribution in [0.1, 0.15) is 37.5 Å². The molecule has 30 heavy (non-hydrogen) atoms. The first-order valence-electron chi connectivity index (χ1n) is 9.77. The summed E-state index contributed by atoms with van der Waals surface area (Å²) in [5.41, 5.74) is 1.14. The maximum Gasteiger partial charge on any atom is 0.261 e. The number of carbonyl (C=O) groups excluding carboxylic acids is 4. The first-order valence-corrected chi connectivity index (χ1v) is 9.77. The standard InChI is InChI=1S/C22H21N3O5/c26-16-5-3-4-15(14-16)20(28)24-12-10-23(11-13-24)19(27)8-9-25-21(29)17-6-1-2-7-18(17)22(25)30/h1-7,14,26H,8-13H2. The molecule has 0 unspecified atom stereocenters. The lowest BCUT2D eigenvalue weighted by atomic mass is 10.1. The lowest BCUT2D eigenvalue weighted by Gasteiger charge is -2.35. The van der Waals surface area contributed by atoms with Gasteiger partial charge in [-0.3, -0.25) is 24.1 Å². The fourth-order valence-corrected chi connectivity index (χ4v) is 3.79. The molecular formula is C22H21N3O5. The van der Waals surface area contributed by atoms with Crippen molar-refractivity contribution in [1.29, 1.82) is 0 Å². The smallest absolute Gasteiger partial charge is 0.261 e. The van der Waals surface area contributed by atoms with Crippen LogP contribution in [0.4, 0.5) is 0 Å². The fourth-order valence-electron chi connectivity index (χ4n) is 3.79. The van der Waals surface area contributed by atoms with Gasteiger partial charge < -0.3 is 14.9 Å². The van der Waals surface area contributed by atoms with E-state index in [0.717, 1.165) is 4.90 Å². The van der Waals surface area contributed by atoms with Gasteiger partial charge in [0.25, 0.3) is 17.7 Å². The van der Waals surface area contributed by atoms with E-state index in [1.807, 2.05) is 0 Å². The number of carbonyl (C=O) groups is 4. The highest BCUT2D eigenvalue weighted by atomic mass is 16.3. The summed E-state index contributed by atoms with van der Waals surface area (Å²) in [7, 11) is 0. The van der Waals surface area contributed by atoms with Crippen molar-refractivity contribution in [2.45, 2.75) is 6.42 Å². The number of piperazine rings is 1. The number of phenolic OH excluding ortho intramolecular Hbond substituents is 1. The highest BCUT2D eigenvalue weighted by Gasteiger charge is 2.35. The van der Waals surface area contributed by atoms with Crippen molar-refractivity contribution in [3.8, 4) is 5.75 Å². The van der Waals surface area contributed by atoms with Gasteiger partial charge in [0.05, 0.1) is 11.1 Å². The van der Waals surface area contributed by atoms with E-state index in [0.29, 0.717) is 42.9 Å². The molecule has 1 N–H and O–H groups in total. The highest BCUT2D eigenvalue weighted by Crippen LogP contribution is 2.22. The largest absolute Gasteiger partial charge is 0.508 e. The zero-order valence-electron chi connectivity index (χ0n) is 16.3. The molecule has 8 nitrogen and oxygen atoms in total. The SMILES string of the molecule is O=C(CCN1C(=O)c2ccccc2C1=O)N1CCN(C(=O)c2cccc(O)c2)CC1. The Morgan fingerprint density at radius 3 is 2.03 bits per heavy atom. The summed E-state index contributed by atoms with van der Waals surface area (Å²) in [5.74, 6) is -1.06. The summed E-state index contributed by atoms with van der Waals surface area (Å²) in [6.07, 6.45) is 0.0476. The number of amides is 4. The first kappa shape index (κ1) is 19.6. The number of hydrogen-bond acceptors (Lipinski definition) is 5. The quantitative estimate of drug-likeness (QED) is 0.772. The van der Waals surface area contributed by atoms with Gasteiger partial charge in [-0.15, -0.1) is 0 Å². The van der Waals surface area contributed by atoms with Gasteiger partial charge in [-0.1, -0.05) is 18.2 Å². The van der Waals surface area contributed by atoms with Gasteiger partial charge in [-0.05, 0) is 30.3 Å². The summed E-state index contributed by atoms with van der Waals surface area (Å²) in [6.45, 7) is 1.56. The summed E-state index contributed by atoms with van der Waals surface area (Å²) in [5, 5.41) is 9.54. The molecule has 154 valence electrons. The Labute approximate surface area is 173 Å². The van der Waals surface area contributed by atoms with Crippen LogP contribution in [0.25, 0.3) is 0 Å². The molecule has 1 saturated heterocycles. The molecule has 1 fully saturated rings. The van der Waals surface area contributed by atoms with Crippen molar-refractivity contribution in [3.63, 3.8) is 0 Å². The molecule has 0 spiro atoms. The molecule has 8 heteroatoms. The fraction of sp³-hybridized carbons (Fsp3) is 0.273. The van der Waals surface area contributed by atoms with E-state index in [9.17, 15) is 24.3 Å². The number of imide groups is 1. The zero-order valence-corrected chi connectivity index (χ0v) is 16.3. The van der Waals surface area contributed by atoms with Crippen molar-refractivity contribution in [2.24, 2.45) is 0 Å². The Bertz CT molecular complexity index is 992. The van der Waals surface area contributed by atoms with Crippen LogP contribution in [0.2, 0.25) is 0 Å². The number of phenols is 1. The predicted molar refractivity (Wildman–Crippen MR) is 107 cm³/mol. The molecule has 2 heterocycles. The van der Waals surface area contributed by atoms with Gasteiger partial charge in [-0.2, -0.15) is 0 Å². The molecule has 0 atom stereocenters. The number of rotatable bonds is 4. The lowest BCUT2D eigenvalue weighted by molar-refractivity contribution is -0.132. The number of aromatic hydroxyl groups is 1. The second-order valence-corrected chi connectivity index (χ2v) is 7.28. The van der Waals surface area contributed by atoms with Crippen molar-refractivity contribution in [1.82, 2.24) is 14.7 Å². The molecule has 2 aliphatic rings. The van der Waals surface area contributed by atoms with E-state index in [1.165, 1.54) is 12.1 Å². The van der Waals surface area contributed by atoms with E-state index in [1.54, 1.807) is 46.2 Å². The number of nitrogens with zero attached hydrogens (tertiary/aromatic N) is 3. The van der Waals surface area contributed by atoms with Crippen LogP contribution in [0, 0.1) is 0 Å². The molecule has 0 saturated carbocycles. The van der Waals surface area contributed by atoms with Crippen molar-refractivity contribution >= 4 is 23.6 Å². The maximum absolute atomic E-state index is 12.6. The third kappa shape index (κ3) is 3.63. The predicted octanol–water partition coefficient (Wildman–Crippen LogP) is 1.36. The summed E-state index contributed by atoms with van der Waals surface area (Å²) < 4.78 is 0. The summed E-state index contributed by atoms with van der Waals surface area (Å²) in [4.78, 5) is 54.3. The van der Waals surface area contributed by atoms with Gasteiger partial charge in [0.15, 0.2) is 0 Å². The third-order valence-corrected chi connectivity index (χ3v) is 5.44. The Morgan fingerprint density at radius 1 is 0.833 bits per heavy atom. The normalized spacial score (nSPS) is 16.1. The van der Waals surface area contributed by atoms with Gasteiger partial charge in [0.2, 0.25) is 5.91 Å². The molecule has 0 aromatic heterocycles. The van der Waals surface area contributed by atoms with Gasteiger partial charge in [0, 0.05) is 44.7 Å². The zero-order chi connectivity index (χ0) is 21.3. The molecule has 4 amide bonds. The van der Waals surface area contributed by atoms with Gasteiger partial charge in [0.1, 0.15) is 5.75 Å². The monoisotopic (exact) mass is 407 g/mol. The Morgan fingerprint density at radius 2 is 1.43 bits per heavy atom. The van der Waals surface area contributed by atoms with E-state index >= 15 is 0 Å². The van der Waals surface area contributed by atoms with E-state index in [4.69, 9.17) is 0 Å². The maximum atomic E-state index is 12.6. The lowest BCUT2D eigenvalue weighted by Crippen LogP contribution is -2.51. The molecule has 2 aromatic carbocycles. The van der Waals surface area contributed by atoms with Gasteiger partial charge in [-0.25, -0.2) is 0 Å². The van der Waals surface area contributed by atoms with Crippen LogP contribution in [-0.4, -0.2) is 76.2 Å². The topological polar surface area (TPSA) is 98.2 Å². The Hall–Kier alpha value is -3.68. The average Bonchev–Trinajstić information content (AvgIpc) is 3.01. The molecular weight excluding hydrogens is 386 g/mol. The van der Waals surface area contributed by atoms with Crippen molar-refractivity contribution in [2.75, 3.05) is 32.7 Å². The summed E-state index contributed by atoms with van der Waals surface area (Å²) >= 11 is 0. The van der Waals surface area contributed by atoms with Crippen LogP contribution in [-0.2, 0) is 4.79 Å². The third-order valence-electron chi connectivity index (χ3n) is 5.44. The highest BCUT2D eigenvalue weighted by molar-refractivity contribution is 6.21. The van der Waals surface area contributed by atoms with Crippen LogP contribution in [0.15, 0.2) is 48.5 Å². The number of benzene rings is 2. The van der Waals surface area contributed by atoms with Gasteiger partial charge >= 0.3 is 0 Å². The van der Waals surface area contributed by atoms with Crippen LogP contribution >= 0.6 is 0 Å². The second-order valence-electron chi connectivity index (χ2n) is 7.28. The minimum absolute atomic E-state index is 0.0304. The van der Waals surface area contributed by atoms with E-state index < -0.39 is 0 Å². The molecule has 2 aromatic rings. The number of fused-ring (bicyclic) bond motifs is 1. The molecule has 4 rings (SSSR count). The molecule has 0 aliphatic carbocycles. The Balaban J connectivity index is 1.30. The van der Waals surface area contributed by atoms with Crippen molar-refractivity contribution in [3.05, 3.63) is 65.2 Å². The number of hydrogen-bond donors (Lipinski definition) is 1. The molecule has 0 bridgehead atoms. The van der Waals surface area contributed by atoms with Crippen LogP contribution in [0.5, 0.6) is 5.75 Å². The minimum Gasteiger partial charge on any atom is -0.508 e. The van der Waals surface area contributed by atoms with E-state index in [2.05, 4.69) is 0 Å². The van der Waals surface area contributed by atoms with Crippen LogP contribution < -0.4 is 0 Å². The van der Waals surface area contributed by atoms with E-state index in [-0.39, 0.29) is 42.3 Å². The second kappa shape index (κ2) is 7.98. The molecule has 2 aliphatic heterocycles. The van der Waals surface area contributed by atoms with Crippen molar-refractivity contribution < 1.29 is 24.3 Å². The summed E-state index contributed by atoms with van der Waals surface area (Å²) in [6, 6.07) is 12.8. The molecule has 0 radical (unpaired) electrons. The average molecular weight is 407 g/mol. The van der Waals surface area contributed by atoms with Crippen LogP contribution in [0.3, 0.4) is 0 Å². The first-order chi connectivity index (χ1) is 14.5. The Kier molecular flexibility index (Phi) is 5.22.